The van der Waals surface area contributed by atoms with Gasteiger partial charge in [-0.25, -0.2) is 4.79 Å². The predicted molar refractivity (Wildman–Crippen MR) is 126 cm³/mol. The van der Waals surface area contributed by atoms with Crippen molar-refractivity contribution in [2.45, 2.75) is 58.0 Å². The lowest BCUT2D eigenvalue weighted by atomic mass is 10.1. The normalized spacial score (nSPS) is 18.7. The quantitative estimate of drug-likeness (QED) is 0.620. The number of ether oxygens (including phenoxy) is 2. The Bertz CT molecular complexity index is 974. The van der Waals surface area contributed by atoms with Crippen LogP contribution >= 0.6 is 11.6 Å². The summed E-state index contributed by atoms with van der Waals surface area (Å²) >= 11 is 6.32. The highest BCUT2D eigenvalue weighted by Gasteiger charge is 2.42. The first-order chi connectivity index (χ1) is 15.6. The van der Waals surface area contributed by atoms with Crippen LogP contribution in [0.15, 0.2) is 48.5 Å². The summed E-state index contributed by atoms with van der Waals surface area (Å²) in [6.45, 7) is 6.53. The van der Waals surface area contributed by atoms with Gasteiger partial charge >= 0.3 is 12.1 Å². The topological polar surface area (TPSA) is 79.3 Å². The SMILES string of the molecule is COc1ccc(CN(C(=O)OC(C)(C)C)[C@H]2C[C@@H](C(=O)O)N(Cc3ccccc3Cl)C2)cc1. The molecule has 1 aliphatic heterocycles. The van der Waals surface area contributed by atoms with Crippen LogP contribution in [0.2, 0.25) is 5.02 Å². The molecule has 1 N–H and O–H groups in total. The number of likely N-dealkylation sites (tertiary alicyclic amines) is 1. The van der Waals surface area contributed by atoms with Crippen molar-refractivity contribution in [2.75, 3.05) is 13.7 Å². The molecule has 0 bridgehead atoms. The van der Waals surface area contributed by atoms with E-state index in [1.807, 2.05) is 68.1 Å². The first kappa shape index (κ1) is 24.9. The molecule has 1 fully saturated rings. The molecule has 1 aliphatic rings. The maximum absolute atomic E-state index is 13.2. The molecule has 2 aromatic rings. The van der Waals surface area contributed by atoms with Crippen LogP contribution in [-0.2, 0) is 22.6 Å². The monoisotopic (exact) mass is 474 g/mol. The van der Waals surface area contributed by atoms with E-state index in [0.717, 1.165) is 16.9 Å². The number of aliphatic carboxylic acids is 1. The fraction of sp³-hybridized carbons (Fsp3) is 0.440. The number of hydrogen-bond donors (Lipinski definition) is 1. The lowest BCUT2D eigenvalue weighted by Crippen LogP contribution is -2.44. The number of hydrogen-bond acceptors (Lipinski definition) is 5. The Kier molecular flexibility index (Phi) is 7.87. The lowest BCUT2D eigenvalue weighted by Gasteiger charge is -2.32. The number of rotatable bonds is 7. The maximum atomic E-state index is 13.2. The molecule has 2 aromatic carbocycles. The molecule has 0 aromatic heterocycles. The van der Waals surface area contributed by atoms with Gasteiger partial charge in [0.1, 0.15) is 17.4 Å². The van der Waals surface area contributed by atoms with E-state index in [0.29, 0.717) is 31.1 Å². The number of carboxylic acid groups (broad SMARTS) is 1. The lowest BCUT2D eigenvalue weighted by molar-refractivity contribution is -0.142. The zero-order valence-corrected chi connectivity index (χ0v) is 20.2. The minimum atomic E-state index is -0.918. The molecule has 8 heteroatoms. The number of amides is 1. The fourth-order valence-electron chi connectivity index (χ4n) is 3.97. The molecule has 7 nitrogen and oxygen atoms in total. The minimum absolute atomic E-state index is 0.301. The molecule has 1 amide bonds. The van der Waals surface area contributed by atoms with Gasteiger partial charge in [0, 0.05) is 24.7 Å². The van der Waals surface area contributed by atoms with Crippen molar-refractivity contribution in [2.24, 2.45) is 0 Å². The Hall–Kier alpha value is -2.77. The largest absolute Gasteiger partial charge is 0.497 e. The summed E-state index contributed by atoms with van der Waals surface area (Å²) in [5, 5.41) is 10.5. The van der Waals surface area contributed by atoms with Crippen molar-refractivity contribution < 1.29 is 24.2 Å². The Balaban J connectivity index is 1.85. The minimum Gasteiger partial charge on any atom is -0.497 e. The van der Waals surface area contributed by atoms with Crippen LogP contribution in [0, 0.1) is 0 Å². The molecule has 33 heavy (non-hydrogen) atoms. The van der Waals surface area contributed by atoms with Crippen LogP contribution in [0.25, 0.3) is 0 Å². The summed E-state index contributed by atoms with van der Waals surface area (Å²) < 4.78 is 10.9. The van der Waals surface area contributed by atoms with Gasteiger partial charge < -0.3 is 14.6 Å². The second-order valence-corrected chi connectivity index (χ2v) is 9.63. The molecular formula is C25H31ClN2O5. The standard InChI is InChI=1S/C25H31ClN2O5/c1-25(2,3)33-24(31)28(14-17-9-11-20(32-4)12-10-17)19-13-22(23(29)30)27(16-19)15-18-7-5-6-8-21(18)26/h5-12,19,22H,13-16H2,1-4H3,(H,29,30)/t19-,22-/m0/s1. The van der Waals surface area contributed by atoms with E-state index in [1.54, 1.807) is 18.1 Å². The molecule has 0 spiro atoms. The van der Waals surface area contributed by atoms with E-state index >= 15 is 0 Å². The number of carbonyl (C=O) groups is 2. The van der Waals surface area contributed by atoms with Gasteiger partial charge in [-0.3, -0.25) is 14.6 Å². The third-order valence-electron chi connectivity index (χ3n) is 5.58. The third kappa shape index (κ3) is 6.62. The average molecular weight is 475 g/mol. The second kappa shape index (κ2) is 10.4. The molecule has 0 radical (unpaired) electrons. The summed E-state index contributed by atoms with van der Waals surface area (Å²) in [6, 6.07) is 13.8. The second-order valence-electron chi connectivity index (χ2n) is 9.22. The first-order valence-electron chi connectivity index (χ1n) is 10.9. The van der Waals surface area contributed by atoms with Crippen LogP contribution in [0.5, 0.6) is 5.75 Å². The van der Waals surface area contributed by atoms with Crippen molar-refractivity contribution in [3.63, 3.8) is 0 Å². The average Bonchev–Trinajstić information content (AvgIpc) is 3.16. The summed E-state index contributed by atoms with van der Waals surface area (Å²) in [5.41, 5.74) is 1.08. The Morgan fingerprint density at radius 2 is 1.82 bits per heavy atom. The number of benzene rings is 2. The zero-order chi connectivity index (χ0) is 24.2. The zero-order valence-electron chi connectivity index (χ0n) is 19.5. The first-order valence-corrected chi connectivity index (χ1v) is 11.3. The molecule has 0 aliphatic carbocycles. The van der Waals surface area contributed by atoms with Crippen molar-refractivity contribution in [3.05, 3.63) is 64.7 Å². The Morgan fingerprint density at radius 1 is 1.15 bits per heavy atom. The fourth-order valence-corrected chi connectivity index (χ4v) is 4.17. The summed E-state index contributed by atoms with van der Waals surface area (Å²) in [4.78, 5) is 28.7. The Labute approximate surface area is 199 Å². The van der Waals surface area contributed by atoms with Gasteiger partial charge in [-0.05, 0) is 56.5 Å². The van der Waals surface area contributed by atoms with Crippen molar-refractivity contribution in [1.82, 2.24) is 9.80 Å². The van der Waals surface area contributed by atoms with E-state index in [2.05, 4.69) is 0 Å². The number of carboxylic acids is 1. The molecule has 3 rings (SSSR count). The van der Waals surface area contributed by atoms with Gasteiger partial charge in [0.25, 0.3) is 0 Å². The summed E-state index contributed by atoms with van der Waals surface area (Å²) in [7, 11) is 1.60. The number of carbonyl (C=O) groups excluding carboxylic acids is 1. The molecule has 1 saturated heterocycles. The van der Waals surface area contributed by atoms with E-state index < -0.39 is 23.7 Å². The van der Waals surface area contributed by atoms with E-state index in [4.69, 9.17) is 21.1 Å². The van der Waals surface area contributed by atoms with Crippen LogP contribution in [0.4, 0.5) is 4.79 Å². The van der Waals surface area contributed by atoms with E-state index in [9.17, 15) is 14.7 Å². The van der Waals surface area contributed by atoms with Crippen molar-refractivity contribution in [3.8, 4) is 5.75 Å². The third-order valence-corrected chi connectivity index (χ3v) is 5.95. The number of methoxy groups -OCH3 is 1. The van der Waals surface area contributed by atoms with Crippen LogP contribution in [0.1, 0.15) is 38.3 Å². The number of nitrogens with zero attached hydrogens (tertiary/aromatic N) is 2. The predicted octanol–water partition coefficient (Wildman–Crippen LogP) is 4.81. The van der Waals surface area contributed by atoms with Gasteiger partial charge in [-0.2, -0.15) is 0 Å². The molecular weight excluding hydrogens is 444 g/mol. The molecule has 1 heterocycles. The molecule has 178 valence electrons. The van der Waals surface area contributed by atoms with Crippen molar-refractivity contribution in [1.29, 1.82) is 0 Å². The van der Waals surface area contributed by atoms with Gasteiger partial charge in [-0.15, -0.1) is 0 Å². The van der Waals surface area contributed by atoms with Gasteiger partial charge in [0.15, 0.2) is 0 Å². The number of halogens is 1. The van der Waals surface area contributed by atoms with Gasteiger partial charge in [0.2, 0.25) is 0 Å². The Morgan fingerprint density at radius 3 is 2.39 bits per heavy atom. The van der Waals surface area contributed by atoms with Gasteiger partial charge in [0.05, 0.1) is 13.2 Å². The van der Waals surface area contributed by atoms with Crippen LogP contribution < -0.4 is 4.74 Å². The highest BCUT2D eigenvalue weighted by molar-refractivity contribution is 6.31. The highest BCUT2D eigenvalue weighted by atomic mass is 35.5. The molecule has 0 unspecified atom stereocenters. The van der Waals surface area contributed by atoms with Crippen LogP contribution in [0.3, 0.4) is 0 Å². The molecule has 0 saturated carbocycles. The molecule has 2 atom stereocenters. The van der Waals surface area contributed by atoms with Crippen LogP contribution in [-0.4, -0.2) is 58.3 Å². The summed E-state index contributed by atoms with van der Waals surface area (Å²) in [5.74, 6) is -0.196. The van der Waals surface area contributed by atoms with Gasteiger partial charge in [-0.1, -0.05) is 41.9 Å². The highest BCUT2D eigenvalue weighted by Crippen LogP contribution is 2.29. The van der Waals surface area contributed by atoms with E-state index in [-0.39, 0.29) is 6.04 Å². The van der Waals surface area contributed by atoms with Crippen molar-refractivity contribution >= 4 is 23.7 Å². The summed E-state index contributed by atoms with van der Waals surface area (Å²) in [6.07, 6.45) is -0.165. The van der Waals surface area contributed by atoms with E-state index in [1.165, 1.54) is 0 Å². The smallest absolute Gasteiger partial charge is 0.410 e. The maximum Gasteiger partial charge on any atom is 0.410 e.